The lowest BCUT2D eigenvalue weighted by Crippen LogP contribution is -2.46. The molecule has 3 rings (SSSR count). The number of aromatic nitrogens is 2. The van der Waals surface area contributed by atoms with E-state index >= 15 is 0 Å². The number of rotatable bonds is 3. The first-order valence-corrected chi connectivity index (χ1v) is 8.14. The topological polar surface area (TPSA) is 32.3 Å². The van der Waals surface area contributed by atoms with E-state index in [0.29, 0.717) is 0 Å². The van der Waals surface area contributed by atoms with Gasteiger partial charge in [0.25, 0.3) is 0 Å². The highest BCUT2D eigenvalue weighted by Crippen LogP contribution is 2.21. The third-order valence-corrected chi connectivity index (χ3v) is 4.18. The lowest BCUT2D eigenvalue weighted by atomic mass is 10.2. The number of benzene rings is 1. The van der Waals surface area contributed by atoms with Gasteiger partial charge in [-0.05, 0) is 28.1 Å². The minimum atomic E-state index is 0.858. The van der Waals surface area contributed by atoms with E-state index in [9.17, 15) is 0 Å². The largest absolute Gasteiger partial charge is 0.368 e. The highest BCUT2D eigenvalue weighted by molar-refractivity contribution is 9.10. The van der Waals surface area contributed by atoms with Crippen LogP contribution >= 0.6 is 15.9 Å². The predicted molar refractivity (Wildman–Crippen MR) is 90.0 cm³/mol. The van der Waals surface area contributed by atoms with Crippen LogP contribution in [0.15, 0.2) is 41.0 Å². The molecule has 1 aliphatic heterocycles. The van der Waals surface area contributed by atoms with Crippen molar-refractivity contribution in [1.82, 2.24) is 9.97 Å². The first-order chi connectivity index (χ1) is 10.3. The molecule has 0 aliphatic carbocycles. The summed E-state index contributed by atoms with van der Waals surface area (Å²) in [5, 5.41) is 0. The van der Waals surface area contributed by atoms with Gasteiger partial charge in [-0.3, -0.25) is 0 Å². The summed E-state index contributed by atoms with van der Waals surface area (Å²) < 4.78 is 0.870. The van der Waals surface area contributed by atoms with E-state index in [1.807, 2.05) is 6.07 Å². The number of piperazine rings is 1. The second-order valence-electron chi connectivity index (χ2n) is 5.13. The minimum absolute atomic E-state index is 0.858. The Balaban J connectivity index is 1.70. The average molecular weight is 347 g/mol. The smallest absolute Gasteiger partial charge is 0.133 e. The molecule has 1 aromatic carbocycles. The summed E-state index contributed by atoms with van der Waals surface area (Å²) in [6.07, 6.45) is 0.858. The summed E-state index contributed by atoms with van der Waals surface area (Å²) in [5.74, 6) is 1.92. The number of aryl methyl sites for hydroxylation is 1. The van der Waals surface area contributed by atoms with Gasteiger partial charge >= 0.3 is 0 Å². The summed E-state index contributed by atoms with van der Waals surface area (Å²) in [4.78, 5) is 13.8. The molecule has 4 nitrogen and oxygen atoms in total. The van der Waals surface area contributed by atoms with Gasteiger partial charge in [0, 0.05) is 44.4 Å². The van der Waals surface area contributed by atoms with E-state index in [4.69, 9.17) is 0 Å². The lowest BCUT2D eigenvalue weighted by Gasteiger charge is -2.36. The summed E-state index contributed by atoms with van der Waals surface area (Å²) in [7, 11) is 0. The fraction of sp³-hybridized carbons (Fsp3) is 0.375. The van der Waals surface area contributed by atoms with Crippen molar-refractivity contribution in [2.24, 2.45) is 0 Å². The molecule has 2 aromatic rings. The number of hydrogen-bond donors (Lipinski definition) is 0. The molecular weight excluding hydrogens is 328 g/mol. The molecular formula is C16H19BrN4. The zero-order chi connectivity index (χ0) is 14.7. The van der Waals surface area contributed by atoms with Crippen LogP contribution in [0.25, 0.3) is 0 Å². The Morgan fingerprint density at radius 1 is 1.00 bits per heavy atom. The van der Waals surface area contributed by atoms with Crippen molar-refractivity contribution in [1.29, 1.82) is 0 Å². The predicted octanol–water partition coefficient (Wildman–Crippen LogP) is 3.13. The maximum absolute atomic E-state index is 4.64. The number of halogens is 1. The Kier molecular flexibility index (Phi) is 4.39. The third kappa shape index (κ3) is 3.35. The molecule has 110 valence electrons. The van der Waals surface area contributed by atoms with E-state index < -0.39 is 0 Å². The zero-order valence-corrected chi connectivity index (χ0v) is 13.8. The van der Waals surface area contributed by atoms with Crippen molar-refractivity contribution in [2.75, 3.05) is 36.0 Å². The van der Waals surface area contributed by atoms with Crippen LogP contribution in [0.3, 0.4) is 0 Å². The van der Waals surface area contributed by atoms with Crippen LogP contribution in [0.2, 0.25) is 0 Å². The molecule has 0 bridgehead atoms. The van der Waals surface area contributed by atoms with Crippen LogP contribution in [0, 0.1) is 0 Å². The molecule has 0 saturated carbocycles. The van der Waals surface area contributed by atoms with Gasteiger partial charge in [-0.2, -0.15) is 0 Å². The number of nitrogens with zero attached hydrogens (tertiary/aromatic N) is 4. The van der Waals surface area contributed by atoms with Gasteiger partial charge in [0.1, 0.15) is 16.2 Å². The molecule has 0 N–H and O–H groups in total. The van der Waals surface area contributed by atoms with Gasteiger partial charge in [-0.1, -0.05) is 25.1 Å². The van der Waals surface area contributed by atoms with Crippen molar-refractivity contribution < 1.29 is 0 Å². The molecule has 1 fully saturated rings. The molecule has 1 aromatic heterocycles. The van der Waals surface area contributed by atoms with E-state index in [0.717, 1.165) is 48.8 Å². The van der Waals surface area contributed by atoms with Crippen molar-refractivity contribution in [2.45, 2.75) is 13.3 Å². The highest BCUT2D eigenvalue weighted by atomic mass is 79.9. The summed E-state index contributed by atoms with van der Waals surface area (Å²) in [6, 6.07) is 12.6. The fourth-order valence-corrected chi connectivity index (χ4v) is 3.01. The van der Waals surface area contributed by atoms with E-state index in [-0.39, 0.29) is 0 Å². The van der Waals surface area contributed by atoms with E-state index in [1.165, 1.54) is 5.69 Å². The van der Waals surface area contributed by atoms with Gasteiger partial charge in [0.15, 0.2) is 0 Å². The monoisotopic (exact) mass is 346 g/mol. The van der Waals surface area contributed by atoms with Gasteiger partial charge in [0.2, 0.25) is 0 Å². The van der Waals surface area contributed by atoms with Gasteiger partial charge in [-0.15, -0.1) is 0 Å². The Bertz CT molecular complexity index is 594. The van der Waals surface area contributed by atoms with Gasteiger partial charge in [-0.25, -0.2) is 9.97 Å². The summed E-state index contributed by atoms with van der Waals surface area (Å²) in [6.45, 7) is 6.10. The molecule has 2 heterocycles. The minimum Gasteiger partial charge on any atom is -0.368 e. The molecule has 0 radical (unpaired) electrons. The highest BCUT2D eigenvalue weighted by Gasteiger charge is 2.19. The van der Waals surface area contributed by atoms with Crippen LogP contribution in [-0.2, 0) is 6.42 Å². The molecule has 21 heavy (non-hydrogen) atoms. The van der Waals surface area contributed by atoms with Crippen LogP contribution in [0.4, 0.5) is 11.5 Å². The molecule has 0 amide bonds. The summed E-state index contributed by atoms with van der Waals surface area (Å²) >= 11 is 3.48. The first kappa shape index (κ1) is 14.3. The zero-order valence-electron chi connectivity index (χ0n) is 12.2. The van der Waals surface area contributed by atoms with E-state index in [1.54, 1.807) is 0 Å². The first-order valence-electron chi connectivity index (χ1n) is 7.34. The number of anilines is 2. The Morgan fingerprint density at radius 2 is 1.67 bits per heavy atom. The Labute approximate surface area is 133 Å². The third-order valence-electron chi connectivity index (χ3n) is 3.77. The SMILES string of the molecule is CCc1nc(Br)cc(N2CCN(c3ccccc3)CC2)n1. The summed E-state index contributed by atoms with van der Waals surface area (Å²) in [5.41, 5.74) is 1.30. The molecule has 1 aliphatic rings. The second kappa shape index (κ2) is 6.43. The fourth-order valence-electron chi connectivity index (χ4n) is 2.60. The molecule has 1 saturated heterocycles. The van der Waals surface area contributed by atoms with E-state index in [2.05, 4.69) is 73.0 Å². The van der Waals surface area contributed by atoms with Crippen molar-refractivity contribution in [3.8, 4) is 0 Å². The number of hydrogen-bond acceptors (Lipinski definition) is 4. The quantitative estimate of drug-likeness (QED) is 0.799. The van der Waals surface area contributed by atoms with Crippen LogP contribution < -0.4 is 9.80 Å². The van der Waals surface area contributed by atoms with Crippen molar-refractivity contribution in [3.63, 3.8) is 0 Å². The molecule has 0 atom stereocenters. The Hall–Kier alpha value is -1.62. The average Bonchev–Trinajstić information content (AvgIpc) is 2.55. The van der Waals surface area contributed by atoms with Gasteiger partial charge in [0.05, 0.1) is 0 Å². The molecule has 0 spiro atoms. The lowest BCUT2D eigenvalue weighted by molar-refractivity contribution is 0.644. The molecule has 5 heteroatoms. The maximum Gasteiger partial charge on any atom is 0.133 e. The van der Waals surface area contributed by atoms with Crippen LogP contribution in [-0.4, -0.2) is 36.1 Å². The standard InChI is InChI=1S/C16H19BrN4/c1-2-15-18-14(17)12-16(19-15)21-10-8-20(9-11-21)13-6-4-3-5-7-13/h3-7,12H,2,8-11H2,1H3. The normalized spacial score (nSPS) is 15.3. The Morgan fingerprint density at radius 3 is 2.33 bits per heavy atom. The molecule has 0 unspecified atom stereocenters. The van der Waals surface area contributed by atoms with Crippen LogP contribution in [0.5, 0.6) is 0 Å². The maximum atomic E-state index is 4.64. The van der Waals surface area contributed by atoms with Gasteiger partial charge < -0.3 is 9.80 Å². The second-order valence-corrected chi connectivity index (χ2v) is 5.94. The van der Waals surface area contributed by atoms with Crippen molar-refractivity contribution in [3.05, 3.63) is 46.8 Å². The van der Waals surface area contributed by atoms with Crippen molar-refractivity contribution >= 4 is 27.4 Å². The van der Waals surface area contributed by atoms with Crippen LogP contribution in [0.1, 0.15) is 12.7 Å². The number of para-hydroxylation sites is 1.